The first-order valence-corrected chi connectivity index (χ1v) is 6.61. The highest BCUT2D eigenvalue weighted by molar-refractivity contribution is 6.31. The van der Waals surface area contributed by atoms with E-state index in [2.05, 4.69) is 15.5 Å². The van der Waals surface area contributed by atoms with E-state index in [1.807, 2.05) is 0 Å². The Hall–Kier alpha value is -1.95. The van der Waals surface area contributed by atoms with Gasteiger partial charge in [0.05, 0.1) is 6.21 Å². The molecule has 108 valence electrons. The van der Waals surface area contributed by atoms with E-state index in [-0.39, 0.29) is 12.3 Å². The third kappa shape index (κ3) is 6.84. The summed E-state index contributed by atoms with van der Waals surface area (Å²) in [6.07, 6.45) is 5.38. The number of carbonyl (C=O) groups is 2. The zero-order valence-electron chi connectivity index (χ0n) is 10.9. The zero-order chi connectivity index (χ0) is 14.8. The number of nitrogens with zero attached hydrogens (tertiary/aromatic N) is 2. The van der Waals surface area contributed by atoms with Crippen molar-refractivity contribution < 1.29 is 14.7 Å². The summed E-state index contributed by atoms with van der Waals surface area (Å²) < 4.78 is 0. The summed E-state index contributed by atoms with van der Waals surface area (Å²) in [5.41, 5.74) is 3.01. The molecule has 1 aromatic rings. The van der Waals surface area contributed by atoms with Gasteiger partial charge in [0, 0.05) is 24.6 Å². The van der Waals surface area contributed by atoms with Crippen LogP contribution in [0.15, 0.2) is 23.4 Å². The topological polar surface area (TPSA) is 91.6 Å². The largest absolute Gasteiger partial charge is 0.481 e. The first-order valence-electron chi connectivity index (χ1n) is 6.24. The minimum atomic E-state index is -0.813. The number of aromatic nitrogens is 1. The van der Waals surface area contributed by atoms with Gasteiger partial charge in [0.2, 0.25) is 5.91 Å². The number of amides is 1. The lowest BCUT2D eigenvalue weighted by molar-refractivity contribution is -0.137. The summed E-state index contributed by atoms with van der Waals surface area (Å²) in [5, 5.41) is 12.6. The first kappa shape index (κ1) is 16.1. The Balaban J connectivity index is 2.20. The van der Waals surface area contributed by atoms with E-state index in [1.54, 1.807) is 18.3 Å². The summed E-state index contributed by atoms with van der Waals surface area (Å²) in [5.74, 6) is -1.02. The maximum atomic E-state index is 11.4. The Labute approximate surface area is 121 Å². The van der Waals surface area contributed by atoms with Gasteiger partial charge in [0.25, 0.3) is 0 Å². The second-order valence-electron chi connectivity index (χ2n) is 4.13. The highest BCUT2D eigenvalue weighted by atomic mass is 35.5. The van der Waals surface area contributed by atoms with Crippen molar-refractivity contribution in [2.24, 2.45) is 5.10 Å². The van der Waals surface area contributed by atoms with Crippen LogP contribution in [0.2, 0.25) is 5.15 Å². The van der Waals surface area contributed by atoms with E-state index in [0.717, 1.165) is 0 Å². The number of hydrogen-bond acceptors (Lipinski definition) is 4. The van der Waals surface area contributed by atoms with E-state index in [0.29, 0.717) is 36.4 Å². The molecule has 0 aromatic carbocycles. The Kier molecular flexibility index (Phi) is 7.27. The highest BCUT2D eigenvalue weighted by Crippen LogP contribution is 2.08. The molecule has 1 heterocycles. The number of hydrogen-bond donors (Lipinski definition) is 2. The minimum absolute atomic E-state index is 0.138. The SMILES string of the molecule is O=C(O)CCCCCC(=O)N/N=C/c1cccnc1Cl. The van der Waals surface area contributed by atoms with Gasteiger partial charge >= 0.3 is 5.97 Å². The molecule has 0 unspecified atom stereocenters. The fraction of sp³-hybridized carbons (Fsp3) is 0.385. The predicted octanol–water partition coefficient (Wildman–Crippen LogP) is 2.22. The van der Waals surface area contributed by atoms with Gasteiger partial charge in [0.15, 0.2) is 0 Å². The van der Waals surface area contributed by atoms with Gasteiger partial charge in [-0.25, -0.2) is 10.4 Å². The van der Waals surface area contributed by atoms with Gasteiger partial charge in [-0.15, -0.1) is 0 Å². The smallest absolute Gasteiger partial charge is 0.303 e. The van der Waals surface area contributed by atoms with Crippen LogP contribution in [0.25, 0.3) is 0 Å². The predicted molar refractivity (Wildman–Crippen MR) is 75.7 cm³/mol. The third-order valence-corrected chi connectivity index (χ3v) is 2.79. The number of hydrazone groups is 1. The first-order chi connectivity index (χ1) is 9.59. The lowest BCUT2D eigenvalue weighted by Gasteiger charge is -2.00. The van der Waals surface area contributed by atoms with E-state index in [9.17, 15) is 9.59 Å². The molecule has 20 heavy (non-hydrogen) atoms. The van der Waals surface area contributed by atoms with Crippen molar-refractivity contribution in [3.05, 3.63) is 29.0 Å². The van der Waals surface area contributed by atoms with Gasteiger partial charge in [-0.2, -0.15) is 5.10 Å². The van der Waals surface area contributed by atoms with Crippen LogP contribution in [0.4, 0.5) is 0 Å². The fourth-order valence-electron chi connectivity index (χ4n) is 1.46. The van der Waals surface area contributed by atoms with E-state index in [1.165, 1.54) is 6.21 Å². The number of nitrogens with one attached hydrogen (secondary N) is 1. The Bertz CT molecular complexity index is 492. The van der Waals surface area contributed by atoms with Crippen molar-refractivity contribution in [1.82, 2.24) is 10.4 Å². The number of carbonyl (C=O) groups excluding carboxylic acids is 1. The average Bonchev–Trinajstić information content (AvgIpc) is 2.40. The van der Waals surface area contributed by atoms with Crippen molar-refractivity contribution in [3.8, 4) is 0 Å². The normalized spacial score (nSPS) is 10.7. The standard InChI is InChI=1S/C13H16ClN3O3/c14-13-10(5-4-8-15-13)9-16-17-11(18)6-2-1-3-7-12(19)20/h4-5,8-9H,1-3,6-7H2,(H,17,18)(H,19,20)/b16-9+. The molecule has 0 aliphatic rings. The average molecular weight is 298 g/mol. The number of carboxylic acids is 1. The molecule has 1 rings (SSSR count). The molecule has 0 aliphatic carbocycles. The van der Waals surface area contributed by atoms with Crippen LogP contribution in [0.3, 0.4) is 0 Å². The monoisotopic (exact) mass is 297 g/mol. The lowest BCUT2D eigenvalue weighted by atomic mass is 10.1. The molecule has 1 amide bonds. The molecule has 0 saturated carbocycles. The molecule has 0 radical (unpaired) electrons. The quantitative estimate of drug-likeness (QED) is 0.333. The van der Waals surface area contributed by atoms with Gasteiger partial charge in [-0.3, -0.25) is 9.59 Å². The number of carboxylic acid groups (broad SMARTS) is 1. The lowest BCUT2D eigenvalue weighted by Crippen LogP contribution is -2.17. The Morgan fingerprint density at radius 1 is 1.35 bits per heavy atom. The van der Waals surface area contributed by atoms with Crippen molar-refractivity contribution in [2.75, 3.05) is 0 Å². The number of halogens is 1. The summed E-state index contributed by atoms with van der Waals surface area (Å²) in [7, 11) is 0. The van der Waals surface area contributed by atoms with Crippen molar-refractivity contribution in [3.63, 3.8) is 0 Å². The molecule has 0 saturated heterocycles. The van der Waals surface area contributed by atoms with Crippen LogP contribution in [0.5, 0.6) is 0 Å². The van der Waals surface area contributed by atoms with Crippen LogP contribution in [0, 0.1) is 0 Å². The minimum Gasteiger partial charge on any atom is -0.481 e. The molecule has 0 bridgehead atoms. The maximum Gasteiger partial charge on any atom is 0.303 e. The van der Waals surface area contributed by atoms with Gasteiger partial charge in [-0.05, 0) is 25.0 Å². The van der Waals surface area contributed by atoms with E-state index >= 15 is 0 Å². The molecular weight excluding hydrogens is 282 g/mol. The summed E-state index contributed by atoms with van der Waals surface area (Å²) in [6, 6.07) is 3.45. The number of unbranched alkanes of at least 4 members (excludes halogenated alkanes) is 2. The second-order valence-corrected chi connectivity index (χ2v) is 4.49. The number of aliphatic carboxylic acids is 1. The Morgan fingerprint density at radius 2 is 2.10 bits per heavy atom. The van der Waals surface area contributed by atoms with E-state index < -0.39 is 5.97 Å². The summed E-state index contributed by atoms with van der Waals surface area (Å²) in [4.78, 5) is 25.6. The van der Waals surface area contributed by atoms with Crippen LogP contribution >= 0.6 is 11.6 Å². The van der Waals surface area contributed by atoms with Gasteiger partial charge in [-0.1, -0.05) is 18.0 Å². The molecular formula is C13H16ClN3O3. The van der Waals surface area contributed by atoms with E-state index in [4.69, 9.17) is 16.7 Å². The van der Waals surface area contributed by atoms with Crippen LogP contribution in [-0.2, 0) is 9.59 Å². The maximum absolute atomic E-state index is 11.4. The van der Waals surface area contributed by atoms with Crippen molar-refractivity contribution in [2.45, 2.75) is 32.1 Å². The van der Waals surface area contributed by atoms with Crippen LogP contribution in [-0.4, -0.2) is 28.2 Å². The molecule has 0 spiro atoms. The number of rotatable bonds is 8. The third-order valence-electron chi connectivity index (χ3n) is 2.48. The van der Waals surface area contributed by atoms with Gasteiger partial charge < -0.3 is 5.11 Å². The van der Waals surface area contributed by atoms with Crippen molar-refractivity contribution >= 4 is 29.7 Å². The fourth-order valence-corrected chi connectivity index (χ4v) is 1.63. The van der Waals surface area contributed by atoms with Crippen LogP contribution < -0.4 is 5.43 Å². The second kappa shape index (κ2) is 9.03. The van der Waals surface area contributed by atoms with Gasteiger partial charge in [0.1, 0.15) is 5.15 Å². The molecule has 7 heteroatoms. The molecule has 1 aromatic heterocycles. The molecule has 0 aliphatic heterocycles. The highest BCUT2D eigenvalue weighted by Gasteiger charge is 2.01. The molecule has 2 N–H and O–H groups in total. The molecule has 0 atom stereocenters. The molecule has 6 nitrogen and oxygen atoms in total. The summed E-state index contributed by atoms with van der Waals surface area (Å²) in [6.45, 7) is 0. The van der Waals surface area contributed by atoms with Crippen LogP contribution in [0.1, 0.15) is 37.7 Å². The number of pyridine rings is 1. The van der Waals surface area contributed by atoms with Crippen molar-refractivity contribution in [1.29, 1.82) is 0 Å². The summed E-state index contributed by atoms with van der Waals surface area (Å²) >= 11 is 5.82. The molecule has 0 fully saturated rings. The zero-order valence-corrected chi connectivity index (χ0v) is 11.6. The Morgan fingerprint density at radius 3 is 2.80 bits per heavy atom.